The Morgan fingerprint density at radius 2 is 2.13 bits per heavy atom. The summed E-state index contributed by atoms with van der Waals surface area (Å²) in [6.07, 6.45) is 2.03. The van der Waals surface area contributed by atoms with Crippen molar-refractivity contribution in [1.29, 1.82) is 0 Å². The maximum Gasteiger partial charge on any atom is 0.120 e. The quantitative estimate of drug-likeness (QED) is 0.744. The van der Waals surface area contributed by atoms with Crippen LogP contribution in [0.15, 0.2) is 18.3 Å². The van der Waals surface area contributed by atoms with Crippen LogP contribution in [-0.2, 0) is 6.54 Å². The van der Waals surface area contributed by atoms with E-state index < -0.39 is 0 Å². The second-order valence-electron chi connectivity index (χ2n) is 3.48. The van der Waals surface area contributed by atoms with Crippen LogP contribution in [0.2, 0.25) is 0 Å². The number of nitrogens with zero attached hydrogens (tertiary/aromatic N) is 2. The monoisotopic (exact) mass is 225 g/mol. The summed E-state index contributed by atoms with van der Waals surface area (Å²) in [5.74, 6) is 0. The highest BCUT2D eigenvalue weighted by molar-refractivity contribution is 7.80. The van der Waals surface area contributed by atoms with Crippen LogP contribution in [0.25, 0.3) is 0 Å². The number of nitrogens with two attached hydrogens (primary N) is 1. The van der Waals surface area contributed by atoms with Crippen molar-refractivity contribution in [1.82, 2.24) is 9.47 Å². The normalized spacial score (nSPS) is 10.9. The Morgan fingerprint density at radius 1 is 1.47 bits per heavy atom. The van der Waals surface area contributed by atoms with E-state index in [4.69, 9.17) is 18.0 Å². The van der Waals surface area contributed by atoms with E-state index in [-0.39, 0.29) is 0 Å². The molecule has 0 saturated heterocycles. The van der Waals surface area contributed by atoms with E-state index in [1.165, 1.54) is 0 Å². The van der Waals surface area contributed by atoms with E-state index in [1.807, 2.05) is 18.3 Å². The van der Waals surface area contributed by atoms with Gasteiger partial charge in [-0.3, -0.25) is 0 Å². The van der Waals surface area contributed by atoms with Crippen molar-refractivity contribution in [3.8, 4) is 0 Å². The van der Waals surface area contributed by atoms with Gasteiger partial charge in [-0.25, -0.2) is 0 Å². The molecule has 0 aliphatic carbocycles. The van der Waals surface area contributed by atoms with Gasteiger partial charge in [0.05, 0.1) is 5.69 Å². The summed E-state index contributed by atoms with van der Waals surface area (Å²) in [7, 11) is 0. The van der Waals surface area contributed by atoms with Crippen LogP contribution >= 0.6 is 12.2 Å². The summed E-state index contributed by atoms with van der Waals surface area (Å²) < 4.78 is 2.11. The first-order valence-corrected chi connectivity index (χ1v) is 5.77. The SMILES string of the molecule is CCN(CC)CCn1cccc1C(N)=S. The second kappa shape index (κ2) is 5.88. The molecule has 15 heavy (non-hydrogen) atoms. The molecule has 0 saturated carbocycles. The molecule has 0 aliphatic rings. The Morgan fingerprint density at radius 3 is 2.67 bits per heavy atom. The van der Waals surface area contributed by atoms with Crippen LogP contribution in [0.4, 0.5) is 0 Å². The van der Waals surface area contributed by atoms with E-state index >= 15 is 0 Å². The predicted molar refractivity (Wildman–Crippen MR) is 68.1 cm³/mol. The van der Waals surface area contributed by atoms with Gasteiger partial charge in [0, 0.05) is 19.3 Å². The van der Waals surface area contributed by atoms with Crippen LogP contribution in [0, 0.1) is 0 Å². The van der Waals surface area contributed by atoms with Gasteiger partial charge >= 0.3 is 0 Å². The molecule has 1 aromatic rings. The zero-order valence-electron chi connectivity index (χ0n) is 9.44. The smallest absolute Gasteiger partial charge is 0.120 e. The molecular formula is C11H19N3S. The lowest BCUT2D eigenvalue weighted by Gasteiger charge is -2.19. The maximum atomic E-state index is 5.63. The van der Waals surface area contributed by atoms with E-state index in [9.17, 15) is 0 Å². The van der Waals surface area contributed by atoms with Gasteiger partial charge in [-0.15, -0.1) is 0 Å². The van der Waals surface area contributed by atoms with Crippen molar-refractivity contribution in [3.05, 3.63) is 24.0 Å². The largest absolute Gasteiger partial charge is 0.388 e. The number of hydrogen-bond donors (Lipinski definition) is 1. The number of thiocarbonyl (C=S) groups is 1. The lowest BCUT2D eigenvalue weighted by atomic mass is 10.4. The summed E-state index contributed by atoms with van der Waals surface area (Å²) in [5.41, 5.74) is 6.58. The van der Waals surface area contributed by atoms with Crippen molar-refractivity contribution < 1.29 is 0 Å². The van der Waals surface area contributed by atoms with Crippen LogP contribution in [0.1, 0.15) is 19.5 Å². The number of rotatable bonds is 6. The molecule has 1 rings (SSSR count). The molecule has 0 aromatic carbocycles. The molecule has 0 amide bonds. The zero-order valence-corrected chi connectivity index (χ0v) is 10.3. The van der Waals surface area contributed by atoms with Crippen molar-refractivity contribution in [3.63, 3.8) is 0 Å². The highest BCUT2D eigenvalue weighted by Crippen LogP contribution is 2.02. The molecule has 4 heteroatoms. The fourth-order valence-corrected chi connectivity index (χ4v) is 1.81. The first-order chi connectivity index (χ1) is 7.19. The molecule has 84 valence electrons. The fraction of sp³-hybridized carbons (Fsp3) is 0.545. The van der Waals surface area contributed by atoms with Crippen LogP contribution in [0.3, 0.4) is 0 Å². The third-order valence-electron chi connectivity index (χ3n) is 2.63. The Bertz CT molecular complexity index is 315. The molecule has 0 bridgehead atoms. The molecule has 0 radical (unpaired) electrons. The molecular weight excluding hydrogens is 206 g/mol. The average Bonchev–Trinajstić information content (AvgIpc) is 2.67. The van der Waals surface area contributed by atoms with E-state index in [0.29, 0.717) is 4.99 Å². The molecule has 2 N–H and O–H groups in total. The minimum atomic E-state index is 0.472. The molecule has 0 fully saturated rings. The highest BCUT2D eigenvalue weighted by Gasteiger charge is 2.04. The topological polar surface area (TPSA) is 34.2 Å². The zero-order chi connectivity index (χ0) is 11.3. The Labute approximate surface area is 96.9 Å². The summed E-state index contributed by atoms with van der Waals surface area (Å²) in [4.78, 5) is 2.85. The Kier molecular flexibility index (Phi) is 4.78. The summed E-state index contributed by atoms with van der Waals surface area (Å²) in [6, 6.07) is 3.95. The van der Waals surface area contributed by atoms with Crippen molar-refractivity contribution in [2.75, 3.05) is 19.6 Å². The molecule has 3 nitrogen and oxygen atoms in total. The molecule has 0 spiro atoms. The van der Waals surface area contributed by atoms with Gasteiger partial charge in [-0.1, -0.05) is 26.1 Å². The first-order valence-electron chi connectivity index (χ1n) is 5.36. The average molecular weight is 225 g/mol. The van der Waals surface area contributed by atoms with Gasteiger partial charge in [-0.2, -0.15) is 0 Å². The number of likely N-dealkylation sites (N-methyl/N-ethyl adjacent to an activating group) is 1. The molecule has 0 aliphatic heterocycles. The highest BCUT2D eigenvalue weighted by atomic mass is 32.1. The second-order valence-corrected chi connectivity index (χ2v) is 3.92. The van der Waals surface area contributed by atoms with Gasteiger partial charge in [0.25, 0.3) is 0 Å². The Hall–Kier alpha value is -0.870. The minimum absolute atomic E-state index is 0.472. The van der Waals surface area contributed by atoms with Crippen molar-refractivity contribution in [2.45, 2.75) is 20.4 Å². The summed E-state index contributed by atoms with van der Waals surface area (Å²) >= 11 is 4.98. The summed E-state index contributed by atoms with van der Waals surface area (Å²) in [5, 5.41) is 0. The Balaban J connectivity index is 2.57. The van der Waals surface area contributed by atoms with Crippen LogP contribution in [0.5, 0.6) is 0 Å². The standard InChI is InChI=1S/C11H19N3S/c1-3-13(4-2)8-9-14-7-5-6-10(14)11(12)15/h5-7H,3-4,8-9H2,1-2H3,(H2,12,15). The lowest BCUT2D eigenvalue weighted by Crippen LogP contribution is -2.28. The van der Waals surface area contributed by atoms with E-state index in [0.717, 1.165) is 31.9 Å². The van der Waals surface area contributed by atoms with Crippen molar-refractivity contribution >= 4 is 17.2 Å². The third kappa shape index (κ3) is 3.32. The fourth-order valence-electron chi connectivity index (χ4n) is 1.62. The maximum absolute atomic E-state index is 5.63. The first kappa shape index (κ1) is 12.2. The molecule has 1 heterocycles. The molecule has 0 unspecified atom stereocenters. The minimum Gasteiger partial charge on any atom is -0.388 e. The van der Waals surface area contributed by atoms with E-state index in [2.05, 4.69) is 23.3 Å². The molecule has 1 aromatic heterocycles. The van der Waals surface area contributed by atoms with E-state index in [1.54, 1.807) is 0 Å². The lowest BCUT2D eigenvalue weighted by molar-refractivity contribution is 0.290. The number of aromatic nitrogens is 1. The third-order valence-corrected chi connectivity index (χ3v) is 2.84. The van der Waals surface area contributed by atoms with Gasteiger partial charge in [0.1, 0.15) is 4.99 Å². The predicted octanol–water partition coefficient (Wildman–Crippen LogP) is 1.46. The van der Waals surface area contributed by atoms with Crippen LogP contribution in [-0.4, -0.2) is 34.1 Å². The van der Waals surface area contributed by atoms with Gasteiger partial charge in [0.2, 0.25) is 0 Å². The molecule has 0 atom stereocenters. The number of hydrogen-bond acceptors (Lipinski definition) is 2. The van der Waals surface area contributed by atoms with Crippen LogP contribution < -0.4 is 5.73 Å². The summed E-state index contributed by atoms with van der Waals surface area (Å²) in [6.45, 7) is 8.50. The van der Waals surface area contributed by atoms with Gasteiger partial charge in [-0.05, 0) is 25.2 Å². The van der Waals surface area contributed by atoms with Gasteiger partial charge < -0.3 is 15.2 Å². The van der Waals surface area contributed by atoms with Gasteiger partial charge in [0.15, 0.2) is 0 Å². The van der Waals surface area contributed by atoms with Crippen molar-refractivity contribution in [2.24, 2.45) is 5.73 Å².